The Bertz CT molecular complexity index is 686. The van der Waals surface area contributed by atoms with Crippen molar-refractivity contribution in [1.29, 1.82) is 0 Å². The normalized spacial score (nSPS) is 11.5. The van der Waals surface area contributed by atoms with Crippen LogP contribution in [0.4, 0.5) is 10.5 Å². The van der Waals surface area contributed by atoms with Gasteiger partial charge in [0.15, 0.2) is 0 Å². The molecule has 0 fully saturated rings. The highest BCUT2D eigenvalue weighted by Gasteiger charge is 2.15. The maximum Gasteiger partial charge on any atom is 0.319 e. The van der Waals surface area contributed by atoms with Gasteiger partial charge in [0.2, 0.25) is 0 Å². The summed E-state index contributed by atoms with van der Waals surface area (Å²) in [6.07, 6.45) is 0.989. The molecule has 126 valence electrons. The number of carboxylic acid groups (broad SMARTS) is 1. The maximum atomic E-state index is 12.2. The second kappa shape index (κ2) is 8.72. The number of benzene rings is 2. The van der Waals surface area contributed by atoms with Gasteiger partial charge in [-0.3, -0.25) is 4.79 Å². The van der Waals surface area contributed by atoms with Crippen LogP contribution in [-0.4, -0.2) is 23.1 Å². The van der Waals surface area contributed by atoms with Crippen LogP contribution < -0.4 is 10.6 Å². The SMILES string of the molecule is Cc1cccc(NC(=O)NC(CCC(=O)O)Cc2ccccc2)c1. The first-order chi connectivity index (χ1) is 11.5. The Morgan fingerprint density at radius 3 is 2.50 bits per heavy atom. The van der Waals surface area contributed by atoms with E-state index in [1.165, 1.54) is 0 Å². The molecule has 5 heteroatoms. The van der Waals surface area contributed by atoms with Crippen molar-refractivity contribution in [3.8, 4) is 0 Å². The van der Waals surface area contributed by atoms with Gasteiger partial charge in [0.25, 0.3) is 0 Å². The number of rotatable bonds is 7. The number of aliphatic carboxylic acids is 1. The minimum absolute atomic E-state index is 0.0161. The largest absolute Gasteiger partial charge is 0.481 e. The molecule has 1 atom stereocenters. The summed E-state index contributed by atoms with van der Waals surface area (Å²) in [5, 5.41) is 14.6. The van der Waals surface area contributed by atoms with Crippen LogP contribution in [0.3, 0.4) is 0 Å². The molecule has 0 aromatic heterocycles. The van der Waals surface area contributed by atoms with Gasteiger partial charge in [0, 0.05) is 18.2 Å². The number of nitrogens with one attached hydrogen (secondary N) is 2. The van der Waals surface area contributed by atoms with Crippen molar-refractivity contribution in [2.45, 2.75) is 32.2 Å². The summed E-state index contributed by atoms with van der Waals surface area (Å²) in [7, 11) is 0. The van der Waals surface area contributed by atoms with Crippen molar-refractivity contribution in [2.24, 2.45) is 0 Å². The third kappa shape index (κ3) is 6.12. The Kier molecular flexibility index (Phi) is 6.37. The van der Waals surface area contributed by atoms with E-state index in [0.29, 0.717) is 18.5 Å². The number of carbonyl (C=O) groups excluding carboxylic acids is 1. The average Bonchev–Trinajstić information content (AvgIpc) is 2.53. The van der Waals surface area contributed by atoms with Crippen molar-refractivity contribution in [3.05, 3.63) is 65.7 Å². The highest BCUT2D eigenvalue weighted by atomic mass is 16.4. The van der Waals surface area contributed by atoms with E-state index in [1.54, 1.807) is 0 Å². The van der Waals surface area contributed by atoms with E-state index in [2.05, 4.69) is 10.6 Å². The molecule has 0 radical (unpaired) electrons. The van der Waals surface area contributed by atoms with Crippen molar-refractivity contribution in [1.82, 2.24) is 5.32 Å². The van der Waals surface area contributed by atoms with Crippen LogP contribution >= 0.6 is 0 Å². The van der Waals surface area contributed by atoms with Gasteiger partial charge < -0.3 is 15.7 Å². The van der Waals surface area contributed by atoms with E-state index in [4.69, 9.17) is 5.11 Å². The number of anilines is 1. The Hall–Kier alpha value is -2.82. The number of carbonyl (C=O) groups is 2. The first kappa shape index (κ1) is 17.5. The van der Waals surface area contributed by atoms with E-state index in [-0.39, 0.29) is 18.5 Å². The van der Waals surface area contributed by atoms with Crippen molar-refractivity contribution < 1.29 is 14.7 Å². The van der Waals surface area contributed by atoms with Gasteiger partial charge in [-0.1, -0.05) is 42.5 Å². The Morgan fingerprint density at radius 1 is 1.08 bits per heavy atom. The third-order valence-electron chi connectivity index (χ3n) is 3.64. The number of hydrogen-bond acceptors (Lipinski definition) is 2. The van der Waals surface area contributed by atoms with Gasteiger partial charge in [-0.15, -0.1) is 0 Å². The molecule has 24 heavy (non-hydrogen) atoms. The number of amides is 2. The van der Waals surface area contributed by atoms with Crippen molar-refractivity contribution in [3.63, 3.8) is 0 Å². The lowest BCUT2D eigenvalue weighted by atomic mass is 10.0. The predicted molar refractivity (Wildman–Crippen MR) is 94.1 cm³/mol. The zero-order valence-corrected chi connectivity index (χ0v) is 13.7. The van der Waals surface area contributed by atoms with Crippen LogP contribution in [0.25, 0.3) is 0 Å². The molecule has 0 heterocycles. The van der Waals surface area contributed by atoms with Crippen LogP contribution in [0, 0.1) is 6.92 Å². The molecule has 2 amide bonds. The van der Waals surface area contributed by atoms with Crippen LogP contribution in [0.2, 0.25) is 0 Å². The summed E-state index contributed by atoms with van der Waals surface area (Å²) in [6.45, 7) is 1.95. The van der Waals surface area contributed by atoms with Gasteiger partial charge in [0.05, 0.1) is 0 Å². The second-order valence-corrected chi connectivity index (χ2v) is 5.79. The highest BCUT2D eigenvalue weighted by molar-refractivity contribution is 5.89. The summed E-state index contributed by atoms with van der Waals surface area (Å²) in [4.78, 5) is 23.0. The van der Waals surface area contributed by atoms with Gasteiger partial charge >= 0.3 is 12.0 Å². The Balaban J connectivity index is 1.98. The zero-order chi connectivity index (χ0) is 17.4. The standard InChI is InChI=1S/C19H22N2O3/c1-14-6-5-9-16(12-14)20-19(24)21-17(10-11-18(22)23)13-15-7-3-2-4-8-15/h2-9,12,17H,10-11,13H2,1H3,(H,22,23)(H2,20,21,24). The molecule has 0 saturated carbocycles. The summed E-state index contributed by atoms with van der Waals surface area (Å²) in [5.41, 5.74) is 2.83. The summed E-state index contributed by atoms with van der Waals surface area (Å²) in [6, 6.07) is 16.7. The minimum Gasteiger partial charge on any atom is -0.481 e. The first-order valence-electron chi connectivity index (χ1n) is 7.93. The molecule has 5 nitrogen and oxygen atoms in total. The molecule has 2 rings (SSSR count). The monoisotopic (exact) mass is 326 g/mol. The number of aryl methyl sites for hydroxylation is 1. The number of hydrogen-bond donors (Lipinski definition) is 3. The molecule has 0 aliphatic carbocycles. The molecule has 0 bridgehead atoms. The van der Waals surface area contributed by atoms with E-state index in [1.807, 2.05) is 61.5 Å². The molecule has 0 saturated heterocycles. The molecule has 2 aromatic carbocycles. The minimum atomic E-state index is -0.867. The third-order valence-corrected chi connectivity index (χ3v) is 3.64. The molecule has 3 N–H and O–H groups in total. The van der Waals surface area contributed by atoms with Crippen LogP contribution in [0.1, 0.15) is 24.0 Å². The molecule has 0 aliphatic rings. The van der Waals surface area contributed by atoms with Crippen LogP contribution in [0.5, 0.6) is 0 Å². The smallest absolute Gasteiger partial charge is 0.319 e. The lowest BCUT2D eigenvalue weighted by Crippen LogP contribution is -2.39. The fourth-order valence-electron chi connectivity index (χ4n) is 2.50. The van der Waals surface area contributed by atoms with Crippen LogP contribution in [-0.2, 0) is 11.2 Å². The molecule has 2 aromatic rings. The fourth-order valence-corrected chi connectivity index (χ4v) is 2.50. The molecule has 0 spiro atoms. The van der Waals surface area contributed by atoms with Gasteiger partial charge in [-0.05, 0) is 43.0 Å². The maximum absolute atomic E-state index is 12.2. The highest BCUT2D eigenvalue weighted by Crippen LogP contribution is 2.11. The topological polar surface area (TPSA) is 78.4 Å². The van der Waals surface area contributed by atoms with E-state index < -0.39 is 5.97 Å². The first-order valence-corrected chi connectivity index (χ1v) is 7.93. The second-order valence-electron chi connectivity index (χ2n) is 5.79. The summed E-state index contributed by atoms with van der Waals surface area (Å²) >= 11 is 0. The zero-order valence-electron chi connectivity index (χ0n) is 13.7. The van der Waals surface area contributed by atoms with Gasteiger partial charge in [-0.25, -0.2) is 4.79 Å². The predicted octanol–water partition coefficient (Wildman–Crippen LogP) is 3.59. The summed E-state index contributed by atoms with van der Waals surface area (Å²) < 4.78 is 0. The molecular formula is C19H22N2O3. The lowest BCUT2D eigenvalue weighted by molar-refractivity contribution is -0.137. The molecule has 0 aliphatic heterocycles. The van der Waals surface area contributed by atoms with Gasteiger partial charge in [0.1, 0.15) is 0 Å². The number of urea groups is 1. The van der Waals surface area contributed by atoms with E-state index in [9.17, 15) is 9.59 Å². The number of carboxylic acids is 1. The Labute approximate surface area is 141 Å². The van der Waals surface area contributed by atoms with Crippen molar-refractivity contribution in [2.75, 3.05) is 5.32 Å². The van der Waals surface area contributed by atoms with Crippen molar-refractivity contribution >= 4 is 17.7 Å². The average molecular weight is 326 g/mol. The molecule has 1 unspecified atom stereocenters. The van der Waals surface area contributed by atoms with E-state index >= 15 is 0 Å². The van der Waals surface area contributed by atoms with Gasteiger partial charge in [-0.2, -0.15) is 0 Å². The van der Waals surface area contributed by atoms with E-state index in [0.717, 1.165) is 11.1 Å². The quantitative estimate of drug-likeness (QED) is 0.727. The molecular weight excluding hydrogens is 304 g/mol. The lowest BCUT2D eigenvalue weighted by Gasteiger charge is -2.19. The summed E-state index contributed by atoms with van der Waals surface area (Å²) in [5.74, 6) is -0.867. The fraction of sp³-hybridized carbons (Fsp3) is 0.263. The Morgan fingerprint density at radius 2 is 1.83 bits per heavy atom. The van der Waals surface area contributed by atoms with Crippen LogP contribution in [0.15, 0.2) is 54.6 Å².